The van der Waals surface area contributed by atoms with E-state index in [4.69, 9.17) is 5.73 Å². The lowest BCUT2D eigenvalue weighted by Gasteiger charge is -2.15. The Morgan fingerprint density at radius 3 is 1.97 bits per heavy atom. The second kappa shape index (κ2) is 8.06. The third-order valence-corrected chi connectivity index (χ3v) is 5.35. The van der Waals surface area contributed by atoms with Crippen molar-refractivity contribution in [3.05, 3.63) is 70.2 Å². The van der Waals surface area contributed by atoms with Gasteiger partial charge in [-0.25, -0.2) is 4.98 Å². The van der Waals surface area contributed by atoms with E-state index in [1.807, 2.05) is 57.2 Å². The van der Waals surface area contributed by atoms with Crippen LogP contribution >= 0.6 is 0 Å². The van der Waals surface area contributed by atoms with Gasteiger partial charge in [-0.1, -0.05) is 24.3 Å². The Labute approximate surface area is 175 Å². The Hall–Kier alpha value is -3.54. The second-order valence-corrected chi connectivity index (χ2v) is 7.62. The molecule has 1 aromatic heterocycles. The predicted octanol–water partition coefficient (Wildman–Crippen LogP) is 4.33. The summed E-state index contributed by atoms with van der Waals surface area (Å²) in [5.74, 6) is -1.99. The highest BCUT2D eigenvalue weighted by Crippen LogP contribution is 2.33. The van der Waals surface area contributed by atoms with Crippen LogP contribution in [0, 0.1) is 27.7 Å². The van der Waals surface area contributed by atoms with Crippen LogP contribution in [-0.2, 0) is 4.79 Å². The van der Waals surface area contributed by atoms with Crippen LogP contribution in [0.3, 0.4) is 0 Å². The topological polar surface area (TPSA) is 106 Å². The molecule has 30 heavy (non-hydrogen) atoms. The highest BCUT2D eigenvalue weighted by Gasteiger charge is 2.17. The number of nitrogens with zero attached hydrogens (tertiary/aromatic N) is 2. The van der Waals surface area contributed by atoms with Gasteiger partial charge in [0.05, 0.1) is 23.0 Å². The zero-order valence-corrected chi connectivity index (χ0v) is 17.8. The predicted molar refractivity (Wildman–Crippen MR) is 116 cm³/mol. The van der Waals surface area contributed by atoms with Gasteiger partial charge in [0.2, 0.25) is 0 Å². The average molecular weight is 403 g/mol. The summed E-state index contributed by atoms with van der Waals surface area (Å²) < 4.78 is 0. The maximum absolute atomic E-state index is 11.7. The summed E-state index contributed by atoms with van der Waals surface area (Å²) >= 11 is 0. The van der Waals surface area contributed by atoms with Gasteiger partial charge in [0.1, 0.15) is 5.69 Å². The van der Waals surface area contributed by atoms with Gasteiger partial charge < -0.3 is 10.8 Å². The number of hydrogen-bond acceptors (Lipinski definition) is 4. The molecule has 0 radical (unpaired) electrons. The lowest BCUT2D eigenvalue weighted by molar-refractivity contribution is -0.138. The summed E-state index contributed by atoms with van der Waals surface area (Å²) in [7, 11) is 0. The molecular weight excluding hydrogens is 378 g/mol. The van der Waals surface area contributed by atoms with Gasteiger partial charge in [-0.15, -0.1) is 0 Å². The number of carboxylic acid groups (broad SMARTS) is 1. The number of carboxylic acids is 1. The van der Waals surface area contributed by atoms with Crippen LogP contribution in [0.15, 0.2) is 36.4 Å². The Bertz CT molecular complexity index is 1130. The van der Waals surface area contributed by atoms with Crippen molar-refractivity contribution in [1.29, 1.82) is 0 Å². The molecule has 1 amide bonds. The van der Waals surface area contributed by atoms with Crippen LogP contribution in [0.25, 0.3) is 22.4 Å². The van der Waals surface area contributed by atoms with Crippen LogP contribution in [0.1, 0.15) is 51.4 Å². The number of benzene rings is 2. The van der Waals surface area contributed by atoms with Crippen LogP contribution < -0.4 is 5.73 Å². The van der Waals surface area contributed by atoms with Gasteiger partial charge in [-0.05, 0) is 74.6 Å². The quantitative estimate of drug-likeness (QED) is 0.659. The molecule has 3 rings (SSSR count). The molecule has 2 aromatic carbocycles. The van der Waals surface area contributed by atoms with Gasteiger partial charge in [0.15, 0.2) is 0 Å². The number of rotatable bonds is 5. The Kier molecular flexibility index (Phi) is 5.69. The second-order valence-electron chi connectivity index (χ2n) is 7.62. The fourth-order valence-electron chi connectivity index (χ4n) is 3.77. The lowest BCUT2D eigenvalue weighted by atomic mass is 9.91. The molecule has 0 aliphatic heterocycles. The van der Waals surface area contributed by atoms with Crippen molar-refractivity contribution in [2.24, 2.45) is 5.73 Å². The number of primary amides is 1. The van der Waals surface area contributed by atoms with Crippen LogP contribution in [0.5, 0.6) is 0 Å². The van der Waals surface area contributed by atoms with Gasteiger partial charge in [0.25, 0.3) is 5.91 Å². The largest absolute Gasteiger partial charge is 0.481 e. The number of aromatic nitrogens is 2. The van der Waals surface area contributed by atoms with E-state index in [9.17, 15) is 14.7 Å². The van der Waals surface area contributed by atoms with E-state index in [0.717, 1.165) is 39.1 Å². The van der Waals surface area contributed by atoms with E-state index >= 15 is 0 Å². The van der Waals surface area contributed by atoms with E-state index < -0.39 is 17.8 Å². The number of aliphatic carboxylic acids is 1. The van der Waals surface area contributed by atoms with E-state index in [-0.39, 0.29) is 5.69 Å². The molecule has 0 spiro atoms. The first-order valence-electron chi connectivity index (χ1n) is 9.70. The highest BCUT2D eigenvalue weighted by atomic mass is 16.4. The molecule has 1 heterocycles. The molecular formula is C24H25N3O3. The van der Waals surface area contributed by atoms with Crippen molar-refractivity contribution in [3.63, 3.8) is 0 Å². The maximum atomic E-state index is 11.7. The van der Waals surface area contributed by atoms with Gasteiger partial charge in [0, 0.05) is 5.56 Å². The molecule has 0 aliphatic rings. The first-order valence-corrected chi connectivity index (χ1v) is 9.70. The molecule has 0 aliphatic carbocycles. The molecule has 0 saturated heterocycles. The minimum absolute atomic E-state index is 0.179. The number of aryl methyl sites for hydroxylation is 4. The van der Waals surface area contributed by atoms with E-state index in [1.165, 1.54) is 0 Å². The molecule has 0 unspecified atom stereocenters. The standard InChI is InChI=1S/C24H25N3O3/c1-12-10-19(21-15(4)26-16(5)22(27-21)23(25)28)11-13(2)20(12)18-8-6-17(7-9-18)14(3)24(29)30/h6-11,14H,1-5H3,(H2,25,28)(H,29,30)/t14-/m0/s1. The molecule has 6 heteroatoms. The van der Waals surface area contributed by atoms with Crippen molar-refractivity contribution < 1.29 is 14.7 Å². The summed E-state index contributed by atoms with van der Waals surface area (Å²) in [4.78, 5) is 31.8. The summed E-state index contributed by atoms with van der Waals surface area (Å²) in [5.41, 5.74) is 13.3. The molecule has 0 saturated carbocycles. The first-order chi connectivity index (χ1) is 14.1. The van der Waals surface area contributed by atoms with Crippen molar-refractivity contribution in [1.82, 2.24) is 9.97 Å². The van der Waals surface area contributed by atoms with Crippen LogP contribution in [-0.4, -0.2) is 27.0 Å². The van der Waals surface area contributed by atoms with Crippen molar-refractivity contribution in [2.75, 3.05) is 0 Å². The Morgan fingerprint density at radius 1 is 0.900 bits per heavy atom. The zero-order chi connectivity index (χ0) is 22.2. The average Bonchev–Trinajstić information content (AvgIpc) is 2.67. The van der Waals surface area contributed by atoms with Crippen molar-refractivity contribution in [3.8, 4) is 22.4 Å². The van der Waals surface area contributed by atoms with Crippen LogP contribution in [0.2, 0.25) is 0 Å². The van der Waals surface area contributed by atoms with E-state index in [1.54, 1.807) is 13.8 Å². The van der Waals surface area contributed by atoms with E-state index in [0.29, 0.717) is 11.4 Å². The van der Waals surface area contributed by atoms with Crippen molar-refractivity contribution >= 4 is 11.9 Å². The lowest BCUT2D eigenvalue weighted by Crippen LogP contribution is -2.17. The van der Waals surface area contributed by atoms with Gasteiger partial charge in [-0.2, -0.15) is 0 Å². The summed E-state index contributed by atoms with van der Waals surface area (Å²) in [6.45, 7) is 9.30. The SMILES string of the molecule is Cc1cc(-c2nc(C(N)=O)c(C)nc2C)cc(C)c1-c1ccc([C@H](C)C(=O)O)cc1. The number of amides is 1. The third-order valence-electron chi connectivity index (χ3n) is 5.35. The summed E-state index contributed by atoms with van der Waals surface area (Å²) in [6.07, 6.45) is 0. The highest BCUT2D eigenvalue weighted by molar-refractivity contribution is 5.92. The third kappa shape index (κ3) is 3.94. The maximum Gasteiger partial charge on any atom is 0.310 e. The molecule has 0 fully saturated rings. The van der Waals surface area contributed by atoms with Gasteiger partial charge >= 0.3 is 5.97 Å². The fraction of sp³-hybridized carbons (Fsp3) is 0.250. The zero-order valence-electron chi connectivity index (χ0n) is 17.8. The summed E-state index contributed by atoms with van der Waals surface area (Å²) in [6, 6.07) is 11.7. The molecule has 154 valence electrons. The van der Waals surface area contributed by atoms with Crippen LogP contribution in [0.4, 0.5) is 0 Å². The Morgan fingerprint density at radius 2 is 1.47 bits per heavy atom. The summed E-state index contributed by atoms with van der Waals surface area (Å²) in [5, 5.41) is 9.20. The molecule has 3 aromatic rings. The normalized spacial score (nSPS) is 11.9. The molecule has 3 N–H and O–H groups in total. The molecule has 1 atom stereocenters. The van der Waals surface area contributed by atoms with E-state index in [2.05, 4.69) is 9.97 Å². The number of hydrogen-bond donors (Lipinski definition) is 2. The molecule has 6 nitrogen and oxygen atoms in total. The Balaban J connectivity index is 2.06. The monoisotopic (exact) mass is 403 g/mol. The van der Waals surface area contributed by atoms with Crippen molar-refractivity contribution in [2.45, 2.75) is 40.5 Å². The first kappa shape index (κ1) is 21.2. The minimum atomic E-state index is -0.843. The van der Waals surface area contributed by atoms with Gasteiger partial charge in [-0.3, -0.25) is 14.6 Å². The number of carbonyl (C=O) groups is 2. The number of nitrogens with two attached hydrogens (primary N) is 1. The fourth-order valence-corrected chi connectivity index (χ4v) is 3.77. The smallest absolute Gasteiger partial charge is 0.310 e. The number of carbonyl (C=O) groups excluding carboxylic acids is 1. The minimum Gasteiger partial charge on any atom is -0.481 e. The molecule has 0 bridgehead atoms.